The molecule has 32 heteroatoms. The number of aromatic nitrogens is 4. The zero-order chi connectivity index (χ0) is 42.1. The van der Waals surface area contributed by atoms with Gasteiger partial charge in [0.05, 0.1) is 19.5 Å². The number of aliphatic hydroxyl groups excluding tert-OH is 2. The summed E-state index contributed by atoms with van der Waals surface area (Å²) in [7, 11) is -16.7. The van der Waals surface area contributed by atoms with Crippen molar-refractivity contribution in [3.63, 3.8) is 0 Å². The number of nitrogens with one attached hydrogen (secondary N) is 2. The predicted octanol–water partition coefficient (Wildman–Crippen LogP) is -9.04. The summed E-state index contributed by atoms with van der Waals surface area (Å²) < 4.78 is 61.6. The zero-order valence-electron chi connectivity index (χ0n) is 31.5. The Hall–Kier alpha value is -1.78. The standard InChI is InChI=1S/C26H42N7O19P3S.2Li/c1-26(2,21(39)24(40)29-7-6-15(34)28-8-9-56-17(37)5-3-4-16(35)36)11-49-55(46,47)52-54(44,45)48-10-14-20(51-53(41,42)43)19(38)25(50-14)33-13-32-18-22(27)30-12-31-23(18)33;;/h12-14,19-21,25,38-39H,3-11H2,1-2H3,(H,28,34)(H,29,40)(H,35,36)(H,44,45)(H,46,47)(H2,27,30,31)(H2,41,42,43);;/q;2*+1/p-2/t14-,19-,20-,21+,25-;;/m1../s1. The number of aliphatic carboxylic acids is 1. The maximum absolute atomic E-state index is 12.6. The van der Waals surface area contributed by atoms with Crippen LogP contribution in [-0.4, -0.2) is 124 Å². The number of carboxylic acids is 1. The molecule has 2 aromatic rings. The molecule has 1 fully saturated rings. The second-order valence-corrected chi connectivity index (χ2v) is 17.8. The monoisotopic (exact) mass is 893 g/mol. The number of thioether (sulfide) groups is 1. The molecule has 9 N–H and O–H groups in total. The molecule has 0 aliphatic carbocycles. The van der Waals surface area contributed by atoms with Crippen LogP contribution >= 0.6 is 35.2 Å². The number of carbonyl (C=O) groups is 4. The Kier molecular flexibility index (Phi) is 21.9. The van der Waals surface area contributed by atoms with E-state index in [0.29, 0.717) is 0 Å². The van der Waals surface area contributed by atoms with Crippen LogP contribution < -0.4 is 64.1 Å². The summed E-state index contributed by atoms with van der Waals surface area (Å²) in [5.74, 6) is -2.63. The first-order valence-corrected chi connectivity index (χ1v) is 21.6. The van der Waals surface area contributed by atoms with Gasteiger partial charge in [0.1, 0.15) is 36.3 Å². The molecule has 26 nitrogen and oxygen atoms in total. The van der Waals surface area contributed by atoms with Gasteiger partial charge in [-0.25, -0.2) is 24.1 Å². The van der Waals surface area contributed by atoms with Crippen molar-refractivity contribution in [2.75, 3.05) is 37.8 Å². The van der Waals surface area contributed by atoms with Gasteiger partial charge in [-0.2, -0.15) is 4.31 Å². The molecule has 0 spiro atoms. The van der Waals surface area contributed by atoms with Gasteiger partial charge >= 0.3 is 53.4 Å². The van der Waals surface area contributed by atoms with E-state index in [1.165, 1.54) is 13.8 Å². The smallest absolute Gasteiger partial charge is 0.756 e. The number of amides is 2. The van der Waals surface area contributed by atoms with E-state index in [1.807, 2.05) is 0 Å². The number of phosphoric ester groups is 3. The number of nitrogen functional groups attached to an aromatic ring is 1. The van der Waals surface area contributed by atoms with Gasteiger partial charge in [0, 0.05) is 43.1 Å². The Morgan fingerprint density at radius 2 is 1.69 bits per heavy atom. The van der Waals surface area contributed by atoms with Crippen molar-refractivity contribution in [1.82, 2.24) is 30.2 Å². The van der Waals surface area contributed by atoms with Crippen molar-refractivity contribution in [3.05, 3.63) is 12.7 Å². The van der Waals surface area contributed by atoms with Crippen molar-refractivity contribution in [2.45, 2.75) is 70.2 Å². The van der Waals surface area contributed by atoms with Crippen molar-refractivity contribution in [3.8, 4) is 0 Å². The fourth-order valence-corrected chi connectivity index (χ4v) is 8.28. The molecule has 3 heterocycles. The third kappa shape index (κ3) is 17.3. The molecule has 58 heavy (non-hydrogen) atoms. The van der Waals surface area contributed by atoms with E-state index in [0.717, 1.165) is 29.0 Å². The van der Waals surface area contributed by atoms with E-state index in [9.17, 15) is 67.8 Å². The van der Waals surface area contributed by atoms with Crippen LogP contribution in [0.1, 0.15) is 45.8 Å². The topological polar surface area (TPSA) is 407 Å². The van der Waals surface area contributed by atoms with Gasteiger partial charge in [0.15, 0.2) is 22.8 Å². The molecular weight excluding hydrogens is 853 g/mol. The maximum atomic E-state index is 12.6. The van der Waals surface area contributed by atoms with Crippen LogP contribution in [0.3, 0.4) is 0 Å². The number of ether oxygens (including phenoxy) is 1. The molecule has 3 rings (SSSR count). The first-order chi connectivity index (χ1) is 25.9. The third-order valence-electron chi connectivity index (χ3n) is 7.52. The predicted molar refractivity (Wildman–Crippen MR) is 184 cm³/mol. The Balaban J connectivity index is 0.00000841. The number of phosphoric acid groups is 3. The molecule has 2 aromatic heterocycles. The summed E-state index contributed by atoms with van der Waals surface area (Å²) in [6.07, 6.45) is -7.36. The summed E-state index contributed by atoms with van der Waals surface area (Å²) in [5.41, 5.74) is 4.16. The molecule has 8 atom stereocenters. The number of fused-ring (bicyclic) bond motifs is 1. The van der Waals surface area contributed by atoms with Crippen molar-refractivity contribution in [2.24, 2.45) is 5.41 Å². The number of hydrogen-bond acceptors (Lipinski definition) is 21. The molecule has 1 aliphatic rings. The summed E-state index contributed by atoms with van der Waals surface area (Å²) >= 11 is 0.907. The first-order valence-electron chi connectivity index (χ1n) is 16.1. The number of imidazole rings is 1. The normalized spacial score (nSPS) is 21.7. The molecule has 0 saturated carbocycles. The molecule has 0 aromatic carbocycles. The molecular formula is C26H40Li2N7O19P3S. The molecule has 1 saturated heterocycles. The number of carbonyl (C=O) groups excluding carboxylic acids is 4. The van der Waals surface area contributed by atoms with Crippen molar-refractivity contribution in [1.29, 1.82) is 0 Å². The van der Waals surface area contributed by atoms with Gasteiger partial charge in [0.25, 0.3) is 7.82 Å². The quantitative estimate of drug-likeness (QED) is 0.0292. The Labute approximate surface area is 357 Å². The minimum Gasteiger partial charge on any atom is -0.756 e. The van der Waals surface area contributed by atoms with Crippen LogP contribution in [0.25, 0.3) is 11.2 Å². The van der Waals surface area contributed by atoms with E-state index >= 15 is 0 Å². The molecule has 316 valence electrons. The van der Waals surface area contributed by atoms with Crippen LogP contribution in [0.5, 0.6) is 0 Å². The Bertz CT molecular complexity index is 1880. The van der Waals surface area contributed by atoms with E-state index in [4.69, 9.17) is 19.5 Å². The van der Waals surface area contributed by atoms with Crippen LogP contribution in [-0.2, 0) is 55.5 Å². The van der Waals surface area contributed by atoms with E-state index < -0.39 is 90.5 Å². The Morgan fingerprint density at radius 1 is 1.03 bits per heavy atom. The van der Waals surface area contributed by atoms with Gasteiger partial charge in [0.2, 0.25) is 11.8 Å². The molecule has 0 bridgehead atoms. The molecule has 3 unspecified atom stereocenters. The van der Waals surface area contributed by atoms with Crippen molar-refractivity contribution < 1.29 is 128 Å². The van der Waals surface area contributed by atoms with Gasteiger partial charge < -0.3 is 65.3 Å². The number of aliphatic hydroxyl groups is 2. The fourth-order valence-electron chi connectivity index (χ4n) is 4.74. The van der Waals surface area contributed by atoms with Gasteiger partial charge in [-0.1, -0.05) is 25.6 Å². The number of nitrogens with zero attached hydrogens (tertiary/aromatic N) is 4. The van der Waals surface area contributed by atoms with Gasteiger partial charge in [-0.3, -0.25) is 32.6 Å². The number of hydrogen-bond donors (Lipinski definition) is 8. The summed E-state index contributed by atoms with van der Waals surface area (Å²) in [6, 6.07) is 0. The minimum absolute atomic E-state index is 0. The number of carboxylic acid groups (broad SMARTS) is 1. The average Bonchev–Trinajstić information content (AvgIpc) is 3.64. The summed E-state index contributed by atoms with van der Waals surface area (Å²) in [6.45, 7) is 0.193. The summed E-state index contributed by atoms with van der Waals surface area (Å²) in [5, 5.41) is 36.3. The zero-order valence-corrected chi connectivity index (χ0v) is 35.0. The first kappa shape index (κ1) is 54.2. The van der Waals surface area contributed by atoms with Gasteiger partial charge in [-0.15, -0.1) is 0 Å². The minimum atomic E-state index is -5.60. The average molecular weight is 894 g/mol. The number of anilines is 1. The largest absolute Gasteiger partial charge is 1.00 e. The third-order valence-corrected chi connectivity index (χ3v) is 11.5. The van der Waals surface area contributed by atoms with Crippen molar-refractivity contribution >= 4 is 75.1 Å². The second kappa shape index (κ2) is 23.4. The SMILES string of the molecule is CC(C)(COP(=O)(O)OP(=O)(O)OC[C@H]1O[C@@H](n2cnc3c(N)ncnc32)[C@H](O)[C@@H]1OP(=O)([O-])O)[C@@H](O)C(=O)NCCC(=O)NCCSC(=O)CCCC(=O)[O-].[Li+].[Li+]. The van der Waals surface area contributed by atoms with E-state index in [2.05, 4.69) is 34.4 Å². The molecule has 0 radical (unpaired) electrons. The molecule has 2 amide bonds. The maximum Gasteiger partial charge on any atom is 1.00 e. The second-order valence-electron chi connectivity index (χ2n) is 12.5. The summed E-state index contributed by atoms with van der Waals surface area (Å²) in [4.78, 5) is 99.4. The number of rotatable bonds is 23. The van der Waals surface area contributed by atoms with Crippen LogP contribution in [0.2, 0.25) is 0 Å². The van der Waals surface area contributed by atoms with Crippen LogP contribution in [0.4, 0.5) is 5.82 Å². The fraction of sp³-hybridized carbons (Fsp3) is 0.654. The van der Waals surface area contributed by atoms with Crippen LogP contribution in [0, 0.1) is 5.41 Å². The number of nitrogens with two attached hydrogens (primary N) is 1. The van der Waals surface area contributed by atoms with Crippen LogP contribution in [0.15, 0.2) is 12.7 Å². The van der Waals surface area contributed by atoms with E-state index in [-0.39, 0.29) is 104 Å². The Morgan fingerprint density at radius 3 is 2.33 bits per heavy atom. The van der Waals surface area contributed by atoms with Gasteiger partial charge in [-0.05, 0) is 12.8 Å². The van der Waals surface area contributed by atoms with E-state index in [1.54, 1.807) is 0 Å². The molecule has 1 aliphatic heterocycles.